The molecule has 0 atom stereocenters. The van der Waals surface area contributed by atoms with Gasteiger partial charge in [0.15, 0.2) is 0 Å². The minimum atomic E-state index is -0.955. The van der Waals surface area contributed by atoms with Gasteiger partial charge in [-0.25, -0.2) is 14.8 Å². The molecule has 0 radical (unpaired) electrons. The molecule has 0 amide bonds. The Morgan fingerprint density at radius 1 is 1.45 bits per heavy atom. The van der Waals surface area contributed by atoms with E-state index in [1.165, 1.54) is 6.33 Å². The number of hydrogen-bond donors (Lipinski definition) is 1. The lowest BCUT2D eigenvalue weighted by molar-refractivity contribution is 0.0697. The number of aromatic carboxylic acids is 1. The van der Waals surface area contributed by atoms with Crippen LogP contribution in [0, 0.1) is 0 Å². The van der Waals surface area contributed by atoms with Gasteiger partial charge >= 0.3 is 5.97 Å². The minimum Gasteiger partial charge on any atom is -0.478 e. The van der Waals surface area contributed by atoms with Crippen LogP contribution in [0.1, 0.15) is 23.7 Å². The van der Waals surface area contributed by atoms with Crippen molar-refractivity contribution in [1.82, 2.24) is 9.97 Å². The molecule has 5 heteroatoms. The number of benzene rings is 1. The van der Waals surface area contributed by atoms with Gasteiger partial charge in [0.05, 0.1) is 11.1 Å². The van der Waals surface area contributed by atoms with Gasteiger partial charge < -0.3 is 10.0 Å². The summed E-state index contributed by atoms with van der Waals surface area (Å²) in [5.41, 5.74) is 0.868. The molecule has 0 unspecified atom stereocenters. The zero-order chi connectivity index (χ0) is 14.5. The van der Waals surface area contributed by atoms with Crippen LogP contribution in [0.5, 0.6) is 0 Å². The average Bonchev–Trinajstić information content (AvgIpc) is 2.45. The molecule has 0 aliphatic heterocycles. The van der Waals surface area contributed by atoms with E-state index in [-0.39, 0.29) is 5.56 Å². The number of rotatable bonds is 6. The smallest absolute Gasteiger partial charge is 0.335 e. The molecule has 0 saturated carbocycles. The molecular weight excluding hydrogens is 254 g/mol. The van der Waals surface area contributed by atoms with Gasteiger partial charge in [0, 0.05) is 18.5 Å². The van der Waals surface area contributed by atoms with Gasteiger partial charge in [0.2, 0.25) is 0 Å². The highest BCUT2D eigenvalue weighted by molar-refractivity contribution is 5.96. The first-order valence-electron chi connectivity index (χ1n) is 6.51. The molecule has 0 fully saturated rings. The number of anilines is 1. The molecular formula is C15H17N3O2. The van der Waals surface area contributed by atoms with Crippen LogP contribution in [-0.2, 0) is 0 Å². The molecule has 0 aliphatic carbocycles. The van der Waals surface area contributed by atoms with E-state index in [2.05, 4.69) is 28.4 Å². The van der Waals surface area contributed by atoms with Crippen LogP contribution in [0.2, 0.25) is 0 Å². The third-order valence-corrected chi connectivity index (χ3v) is 3.00. The Hall–Kier alpha value is -2.43. The second kappa shape index (κ2) is 6.14. The molecule has 0 aliphatic rings. The highest BCUT2D eigenvalue weighted by Crippen LogP contribution is 2.24. The minimum absolute atomic E-state index is 0.230. The van der Waals surface area contributed by atoms with Crippen molar-refractivity contribution in [3.8, 4) is 0 Å². The normalized spacial score (nSPS) is 10.4. The Morgan fingerprint density at radius 3 is 2.90 bits per heavy atom. The van der Waals surface area contributed by atoms with Crippen LogP contribution in [0.4, 0.5) is 5.82 Å². The molecule has 5 nitrogen and oxygen atoms in total. The first-order valence-corrected chi connectivity index (χ1v) is 6.51. The fraction of sp³-hybridized carbons (Fsp3) is 0.267. The molecule has 1 aromatic heterocycles. The predicted octanol–water partition coefficient (Wildman–Crippen LogP) is 2.73. The summed E-state index contributed by atoms with van der Waals surface area (Å²) >= 11 is 0. The van der Waals surface area contributed by atoms with E-state index in [1.807, 2.05) is 6.08 Å². The lowest BCUT2D eigenvalue weighted by Crippen LogP contribution is -2.25. The van der Waals surface area contributed by atoms with Crippen molar-refractivity contribution in [2.24, 2.45) is 0 Å². The van der Waals surface area contributed by atoms with E-state index in [0.717, 1.165) is 24.2 Å². The lowest BCUT2D eigenvalue weighted by Gasteiger charge is -2.22. The lowest BCUT2D eigenvalue weighted by atomic mass is 10.1. The summed E-state index contributed by atoms with van der Waals surface area (Å²) in [5, 5.41) is 9.88. The average molecular weight is 271 g/mol. The summed E-state index contributed by atoms with van der Waals surface area (Å²) in [7, 11) is 0. The summed E-state index contributed by atoms with van der Waals surface area (Å²) in [4.78, 5) is 21.6. The number of carboxylic acids is 1. The van der Waals surface area contributed by atoms with Gasteiger partial charge in [0.25, 0.3) is 0 Å². The van der Waals surface area contributed by atoms with Crippen molar-refractivity contribution >= 4 is 22.7 Å². The SMILES string of the molecule is C=CCN(CCC)c1ncnc2cc(C(=O)O)ccc12. The second-order valence-electron chi connectivity index (χ2n) is 4.47. The summed E-state index contributed by atoms with van der Waals surface area (Å²) < 4.78 is 0. The zero-order valence-electron chi connectivity index (χ0n) is 11.4. The van der Waals surface area contributed by atoms with Gasteiger partial charge in [-0.2, -0.15) is 0 Å². The van der Waals surface area contributed by atoms with Crippen molar-refractivity contribution in [2.45, 2.75) is 13.3 Å². The summed E-state index contributed by atoms with van der Waals surface area (Å²) in [6.45, 7) is 7.42. The third-order valence-electron chi connectivity index (χ3n) is 3.00. The molecule has 2 aromatic rings. The van der Waals surface area contributed by atoms with E-state index in [1.54, 1.807) is 18.2 Å². The number of carboxylic acid groups (broad SMARTS) is 1. The third kappa shape index (κ3) is 2.77. The van der Waals surface area contributed by atoms with Gasteiger partial charge in [0.1, 0.15) is 12.1 Å². The summed E-state index contributed by atoms with van der Waals surface area (Å²) in [6, 6.07) is 4.91. The molecule has 0 saturated heterocycles. The molecule has 1 N–H and O–H groups in total. The van der Waals surface area contributed by atoms with Crippen molar-refractivity contribution < 1.29 is 9.90 Å². The van der Waals surface area contributed by atoms with Crippen molar-refractivity contribution in [2.75, 3.05) is 18.0 Å². The maximum Gasteiger partial charge on any atom is 0.335 e. The largest absolute Gasteiger partial charge is 0.478 e. The maximum atomic E-state index is 11.0. The predicted molar refractivity (Wildman–Crippen MR) is 79.2 cm³/mol. The Kier molecular flexibility index (Phi) is 4.30. The van der Waals surface area contributed by atoms with Gasteiger partial charge in [-0.15, -0.1) is 6.58 Å². The van der Waals surface area contributed by atoms with Crippen LogP contribution in [-0.4, -0.2) is 34.1 Å². The Balaban J connectivity index is 2.53. The Bertz CT molecular complexity index is 640. The molecule has 0 bridgehead atoms. The standard InChI is InChI=1S/C15H17N3O2/c1-3-7-18(8-4-2)14-12-6-5-11(15(19)20)9-13(12)16-10-17-14/h3,5-6,9-10H,1,4,7-8H2,2H3,(H,19,20). The van der Waals surface area contributed by atoms with E-state index >= 15 is 0 Å². The maximum absolute atomic E-state index is 11.0. The van der Waals surface area contributed by atoms with Crippen LogP contribution in [0.15, 0.2) is 37.2 Å². The first kappa shape index (κ1) is 14.0. The molecule has 20 heavy (non-hydrogen) atoms. The van der Waals surface area contributed by atoms with Crippen LogP contribution in [0.3, 0.4) is 0 Å². The van der Waals surface area contributed by atoms with Crippen LogP contribution in [0.25, 0.3) is 10.9 Å². The fourth-order valence-corrected chi connectivity index (χ4v) is 2.14. The molecule has 1 heterocycles. The topological polar surface area (TPSA) is 66.3 Å². The molecule has 1 aromatic carbocycles. The number of aromatic nitrogens is 2. The zero-order valence-corrected chi connectivity index (χ0v) is 11.4. The molecule has 2 rings (SSSR count). The van der Waals surface area contributed by atoms with Gasteiger partial charge in [-0.1, -0.05) is 13.0 Å². The molecule has 104 valence electrons. The summed E-state index contributed by atoms with van der Waals surface area (Å²) in [5.74, 6) is -0.141. The van der Waals surface area contributed by atoms with Crippen molar-refractivity contribution in [3.63, 3.8) is 0 Å². The van der Waals surface area contributed by atoms with Crippen LogP contribution < -0.4 is 4.90 Å². The van der Waals surface area contributed by atoms with E-state index in [4.69, 9.17) is 5.11 Å². The van der Waals surface area contributed by atoms with Crippen LogP contribution >= 0.6 is 0 Å². The quantitative estimate of drug-likeness (QED) is 0.818. The number of carbonyl (C=O) groups is 1. The highest BCUT2D eigenvalue weighted by atomic mass is 16.4. The highest BCUT2D eigenvalue weighted by Gasteiger charge is 2.12. The Labute approximate surface area is 117 Å². The molecule has 0 spiro atoms. The van der Waals surface area contributed by atoms with Crippen molar-refractivity contribution in [3.05, 3.63) is 42.7 Å². The van der Waals surface area contributed by atoms with Gasteiger partial charge in [-0.05, 0) is 24.6 Å². The number of hydrogen-bond acceptors (Lipinski definition) is 4. The van der Waals surface area contributed by atoms with Crippen molar-refractivity contribution in [1.29, 1.82) is 0 Å². The monoisotopic (exact) mass is 271 g/mol. The van der Waals surface area contributed by atoms with Gasteiger partial charge in [-0.3, -0.25) is 0 Å². The first-order chi connectivity index (χ1) is 9.67. The Morgan fingerprint density at radius 2 is 2.25 bits per heavy atom. The van der Waals surface area contributed by atoms with E-state index < -0.39 is 5.97 Å². The van der Waals surface area contributed by atoms with E-state index in [9.17, 15) is 4.79 Å². The summed E-state index contributed by atoms with van der Waals surface area (Å²) in [6.07, 6.45) is 4.29. The van der Waals surface area contributed by atoms with E-state index in [0.29, 0.717) is 12.1 Å². The fourth-order valence-electron chi connectivity index (χ4n) is 2.14. The number of nitrogens with zero attached hydrogens (tertiary/aromatic N) is 3. The second-order valence-corrected chi connectivity index (χ2v) is 4.47. The number of fused-ring (bicyclic) bond motifs is 1.